The Morgan fingerprint density at radius 3 is 2.82 bits per heavy atom. The SMILES string of the molecule is O=C(NCCc1cccc(F)c1)[C@@H]1COc2ccccc2O1. The fourth-order valence-electron chi connectivity index (χ4n) is 2.29. The molecule has 114 valence electrons. The second-order valence-electron chi connectivity index (χ2n) is 5.04. The van der Waals surface area contributed by atoms with E-state index in [0.717, 1.165) is 5.56 Å². The van der Waals surface area contributed by atoms with Crippen LogP contribution in [0, 0.1) is 5.82 Å². The summed E-state index contributed by atoms with van der Waals surface area (Å²) in [5, 5.41) is 2.78. The molecule has 0 saturated heterocycles. The molecule has 1 atom stereocenters. The van der Waals surface area contributed by atoms with Crippen molar-refractivity contribution in [2.45, 2.75) is 12.5 Å². The number of benzene rings is 2. The Bertz CT molecular complexity index is 674. The Labute approximate surface area is 127 Å². The van der Waals surface area contributed by atoms with Gasteiger partial charge in [0, 0.05) is 6.54 Å². The van der Waals surface area contributed by atoms with E-state index in [-0.39, 0.29) is 18.3 Å². The van der Waals surface area contributed by atoms with Crippen molar-refractivity contribution in [2.75, 3.05) is 13.2 Å². The van der Waals surface area contributed by atoms with Gasteiger partial charge in [0.2, 0.25) is 6.10 Å². The zero-order chi connectivity index (χ0) is 15.4. The summed E-state index contributed by atoms with van der Waals surface area (Å²) in [6, 6.07) is 13.6. The van der Waals surface area contributed by atoms with Crippen LogP contribution in [0.15, 0.2) is 48.5 Å². The van der Waals surface area contributed by atoms with Gasteiger partial charge in [0.25, 0.3) is 5.91 Å². The lowest BCUT2D eigenvalue weighted by Gasteiger charge is -2.25. The van der Waals surface area contributed by atoms with E-state index in [1.165, 1.54) is 12.1 Å². The topological polar surface area (TPSA) is 47.6 Å². The molecule has 0 bridgehead atoms. The minimum Gasteiger partial charge on any atom is -0.485 e. The van der Waals surface area contributed by atoms with Crippen LogP contribution in [0.4, 0.5) is 4.39 Å². The predicted molar refractivity (Wildman–Crippen MR) is 79.5 cm³/mol. The molecule has 3 rings (SSSR count). The normalized spacial score (nSPS) is 16.1. The number of amides is 1. The predicted octanol–water partition coefficient (Wildman–Crippen LogP) is 2.32. The van der Waals surface area contributed by atoms with E-state index in [9.17, 15) is 9.18 Å². The third kappa shape index (κ3) is 3.36. The number of hydrogen-bond acceptors (Lipinski definition) is 3. The second kappa shape index (κ2) is 6.47. The summed E-state index contributed by atoms with van der Waals surface area (Å²) in [4.78, 5) is 12.1. The second-order valence-corrected chi connectivity index (χ2v) is 5.04. The van der Waals surface area contributed by atoms with E-state index in [1.54, 1.807) is 18.2 Å². The number of carbonyl (C=O) groups is 1. The summed E-state index contributed by atoms with van der Waals surface area (Å²) in [7, 11) is 0. The summed E-state index contributed by atoms with van der Waals surface area (Å²) in [6.45, 7) is 0.604. The van der Waals surface area contributed by atoms with Gasteiger partial charge in [0.15, 0.2) is 11.5 Å². The van der Waals surface area contributed by atoms with Crippen LogP contribution < -0.4 is 14.8 Å². The van der Waals surface area contributed by atoms with Gasteiger partial charge in [0.05, 0.1) is 0 Å². The first kappa shape index (κ1) is 14.4. The van der Waals surface area contributed by atoms with Gasteiger partial charge in [-0.2, -0.15) is 0 Å². The monoisotopic (exact) mass is 301 g/mol. The van der Waals surface area contributed by atoms with Crippen LogP contribution in [0.3, 0.4) is 0 Å². The van der Waals surface area contributed by atoms with Crippen molar-refractivity contribution >= 4 is 5.91 Å². The van der Waals surface area contributed by atoms with Gasteiger partial charge in [-0.1, -0.05) is 24.3 Å². The lowest BCUT2D eigenvalue weighted by molar-refractivity contribution is -0.130. The molecule has 1 aliphatic heterocycles. The lowest BCUT2D eigenvalue weighted by atomic mass is 10.1. The first-order chi connectivity index (χ1) is 10.7. The summed E-state index contributed by atoms with van der Waals surface area (Å²) in [5.41, 5.74) is 0.839. The lowest BCUT2D eigenvalue weighted by Crippen LogP contribution is -2.44. The van der Waals surface area contributed by atoms with Crippen molar-refractivity contribution in [1.82, 2.24) is 5.32 Å². The highest BCUT2D eigenvalue weighted by molar-refractivity contribution is 5.81. The Kier molecular flexibility index (Phi) is 4.23. The molecule has 0 radical (unpaired) electrons. The van der Waals surface area contributed by atoms with Crippen molar-refractivity contribution in [3.05, 3.63) is 59.9 Å². The zero-order valence-corrected chi connectivity index (χ0v) is 11.9. The average Bonchev–Trinajstić information content (AvgIpc) is 2.54. The Balaban J connectivity index is 1.51. The van der Waals surface area contributed by atoms with E-state index in [4.69, 9.17) is 9.47 Å². The zero-order valence-electron chi connectivity index (χ0n) is 11.9. The van der Waals surface area contributed by atoms with Gasteiger partial charge in [-0.25, -0.2) is 4.39 Å². The van der Waals surface area contributed by atoms with Crippen molar-refractivity contribution in [3.63, 3.8) is 0 Å². The van der Waals surface area contributed by atoms with Gasteiger partial charge in [-0.05, 0) is 36.2 Å². The maximum absolute atomic E-state index is 13.1. The van der Waals surface area contributed by atoms with Crippen molar-refractivity contribution in [3.8, 4) is 11.5 Å². The van der Waals surface area contributed by atoms with Gasteiger partial charge < -0.3 is 14.8 Å². The van der Waals surface area contributed by atoms with Crippen molar-refractivity contribution in [2.24, 2.45) is 0 Å². The Morgan fingerprint density at radius 2 is 2.00 bits per heavy atom. The van der Waals surface area contributed by atoms with E-state index in [0.29, 0.717) is 24.5 Å². The molecular weight excluding hydrogens is 285 g/mol. The number of halogens is 1. The minimum atomic E-state index is -0.664. The fourth-order valence-corrected chi connectivity index (χ4v) is 2.29. The maximum Gasteiger partial charge on any atom is 0.264 e. The Hall–Kier alpha value is -2.56. The molecule has 0 aromatic heterocycles. The Morgan fingerprint density at radius 1 is 1.18 bits per heavy atom. The smallest absolute Gasteiger partial charge is 0.264 e. The van der Waals surface area contributed by atoms with Crippen LogP contribution in [0.5, 0.6) is 11.5 Å². The molecule has 1 amide bonds. The van der Waals surface area contributed by atoms with Crippen LogP contribution in [0.2, 0.25) is 0 Å². The minimum absolute atomic E-state index is 0.183. The largest absolute Gasteiger partial charge is 0.485 e. The molecule has 0 fully saturated rings. The molecule has 0 saturated carbocycles. The first-order valence-corrected chi connectivity index (χ1v) is 7.13. The average molecular weight is 301 g/mol. The summed E-state index contributed by atoms with van der Waals surface area (Å²) >= 11 is 0. The number of nitrogens with one attached hydrogen (secondary N) is 1. The molecule has 1 aliphatic rings. The fraction of sp³-hybridized carbons (Fsp3) is 0.235. The van der Waals surface area contributed by atoms with Crippen LogP contribution >= 0.6 is 0 Å². The molecule has 2 aromatic rings. The molecule has 1 N–H and O–H groups in total. The molecule has 4 nitrogen and oxygen atoms in total. The molecule has 2 aromatic carbocycles. The number of para-hydroxylation sites is 2. The number of fused-ring (bicyclic) bond motifs is 1. The van der Waals surface area contributed by atoms with Crippen LogP contribution in [0.1, 0.15) is 5.56 Å². The van der Waals surface area contributed by atoms with Gasteiger partial charge in [0.1, 0.15) is 12.4 Å². The standard InChI is InChI=1S/C17H16FNO3/c18-13-5-3-4-12(10-13)8-9-19-17(20)16-11-21-14-6-1-2-7-15(14)22-16/h1-7,10,16H,8-9,11H2,(H,19,20)/t16-/m0/s1. The van der Waals surface area contributed by atoms with E-state index in [1.807, 2.05) is 18.2 Å². The highest BCUT2D eigenvalue weighted by Crippen LogP contribution is 2.30. The molecule has 1 heterocycles. The van der Waals surface area contributed by atoms with Gasteiger partial charge in [-0.15, -0.1) is 0 Å². The molecule has 22 heavy (non-hydrogen) atoms. The van der Waals surface area contributed by atoms with Crippen LogP contribution in [-0.4, -0.2) is 25.2 Å². The molecule has 0 spiro atoms. The third-order valence-corrected chi connectivity index (χ3v) is 3.40. The van der Waals surface area contributed by atoms with E-state index < -0.39 is 6.10 Å². The molecule has 0 unspecified atom stereocenters. The van der Waals surface area contributed by atoms with Crippen molar-refractivity contribution in [1.29, 1.82) is 0 Å². The van der Waals surface area contributed by atoms with Crippen LogP contribution in [0.25, 0.3) is 0 Å². The number of ether oxygens (including phenoxy) is 2. The molecule has 5 heteroatoms. The number of carbonyl (C=O) groups excluding carboxylic acids is 1. The highest BCUT2D eigenvalue weighted by Gasteiger charge is 2.26. The molecule has 0 aliphatic carbocycles. The summed E-state index contributed by atoms with van der Waals surface area (Å²) < 4.78 is 24.2. The molecular formula is C17H16FNO3. The van der Waals surface area contributed by atoms with Crippen molar-refractivity contribution < 1.29 is 18.7 Å². The number of hydrogen-bond donors (Lipinski definition) is 1. The highest BCUT2D eigenvalue weighted by atomic mass is 19.1. The number of rotatable bonds is 4. The van der Waals surface area contributed by atoms with E-state index >= 15 is 0 Å². The summed E-state index contributed by atoms with van der Waals surface area (Å²) in [5.74, 6) is 0.709. The maximum atomic E-state index is 13.1. The van der Waals surface area contributed by atoms with Gasteiger partial charge >= 0.3 is 0 Å². The third-order valence-electron chi connectivity index (χ3n) is 3.40. The van der Waals surface area contributed by atoms with E-state index in [2.05, 4.69) is 5.32 Å². The van der Waals surface area contributed by atoms with Gasteiger partial charge in [-0.3, -0.25) is 4.79 Å². The quantitative estimate of drug-likeness (QED) is 0.943. The first-order valence-electron chi connectivity index (χ1n) is 7.13. The summed E-state index contributed by atoms with van der Waals surface area (Å²) in [6.07, 6.45) is -0.101. The van der Waals surface area contributed by atoms with Crippen LogP contribution in [-0.2, 0) is 11.2 Å².